The minimum Gasteiger partial charge on any atom is -0.256 e. The molecule has 0 fully saturated rings. The summed E-state index contributed by atoms with van der Waals surface area (Å²) >= 11 is 0. The van der Waals surface area contributed by atoms with Gasteiger partial charge < -0.3 is 0 Å². The van der Waals surface area contributed by atoms with Crippen molar-refractivity contribution in [2.24, 2.45) is 0 Å². The number of pyridine rings is 1. The molecule has 0 amide bonds. The molecule has 1 heterocycles. The van der Waals surface area contributed by atoms with Crippen LogP contribution in [0.2, 0.25) is 0 Å². The summed E-state index contributed by atoms with van der Waals surface area (Å²) in [5, 5.41) is 0. The summed E-state index contributed by atoms with van der Waals surface area (Å²) in [5.41, 5.74) is 3.48. The van der Waals surface area contributed by atoms with Gasteiger partial charge in [0.1, 0.15) is 7.85 Å². The van der Waals surface area contributed by atoms with Crippen LogP contribution >= 0.6 is 0 Å². The van der Waals surface area contributed by atoms with E-state index in [-0.39, 0.29) is 0 Å². The second kappa shape index (κ2) is 3.44. The summed E-state index contributed by atoms with van der Waals surface area (Å²) in [6, 6.07) is 14.3. The van der Waals surface area contributed by atoms with Gasteiger partial charge in [0.25, 0.3) is 0 Å². The topological polar surface area (TPSA) is 12.9 Å². The van der Waals surface area contributed by atoms with Crippen LogP contribution in [0.1, 0.15) is 0 Å². The van der Waals surface area contributed by atoms with Crippen LogP contribution in [0.25, 0.3) is 11.3 Å². The zero-order chi connectivity index (χ0) is 9.10. The van der Waals surface area contributed by atoms with E-state index in [0.717, 1.165) is 5.69 Å². The third kappa shape index (κ3) is 1.78. The average Bonchev–Trinajstić information content (AvgIpc) is 2.19. The zero-order valence-electron chi connectivity index (χ0n) is 7.57. The fourth-order valence-corrected chi connectivity index (χ4v) is 1.34. The predicted octanol–water partition coefficient (Wildman–Crippen LogP) is 1.01. The van der Waals surface area contributed by atoms with Gasteiger partial charge in [-0.3, -0.25) is 4.98 Å². The van der Waals surface area contributed by atoms with Gasteiger partial charge in [-0.25, -0.2) is 0 Å². The molecule has 2 rings (SSSR count). The van der Waals surface area contributed by atoms with Crippen molar-refractivity contribution in [1.29, 1.82) is 0 Å². The van der Waals surface area contributed by atoms with E-state index in [1.54, 1.807) is 0 Å². The molecule has 1 aromatic carbocycles. The highest BCUT2D eigenvalue weighted by Gasteiger charge is 1.96. The Balaban J connectivity index is 2.48. The summed E-state index contributed by atoms with van der Waals surface area (Å²) in [4.78, 5) is 4.29. The number of nitrogens with zero attached hydrogens (tertiary/aromatic N) is 1. The lowest BCUT2D eigenvalue weighted by molar-refractivity contribution is 1.33. The van der Waals surface area contributed by atoms with Gasteiger partial charge in [0.2, 0.25) is 0 Å². The van der Waals surface area contributed by atoms with Crippen LogP contribution < -0.4 is 5.46 Å². The van der Waals surface area contributed by atoms with Crippen molar-refractivity contribution in [1.82, 2.24) is 4.98 Å². The van der Waals surface area contributed by atoms with Crippen LogP contribution in [0.5, 0.6) is 0 Å². The third-order valence-corrected chi connectivity index (χ3v) is 1.98. The van der Waals surface area contributed by atoms with Crippen molar-refractivity contribution in [3.05, 3.63) is 48.7 Å². The van der Waals surface area contributed by atoms with Gasteiger partial charge in [-0.2, -0.15) is 0 Å². The Bertz CT molecular complexity index is 398. The Kier molecular flexibility index (Phi) is 2.13. The highest BCUT2D eigenvalue weighted by molar-refractivity contribution is 6.32. The Morgan fingerprint density at radius 2 is 1.92 bits per heavy atom. The van der Waals surface area contributed by atoms with Crippen molar-refractivity contribution in [2.45, 2.75) is 0 Å². The molecular weight excluding hydrogens is 157 g/mol. The van der Waals surface area contributed by atoms with Gasteiger partial charge in [-0.1, -0.05) is 35.8 Å². The summed E-state index contributed by atoms with van der Waals surface area (Å²) in [7, 11) is 2.09. The van der Waals surface area contributed by atoms with Gasteiger partial charge >= 0.3 is 0 Å². The molecule has 0 unspecified atom stereocenters. The normalized spacial score (nSPS) is 9.85. The molecule has 0 bridgehead atoms. The maximum Gasteiger partial charge on any atom is 0.139 e. The molecule has 0 N–H and O–H groups in total. The fourth-order valence-electron chi connectivity index (χ4n) is 1.34. The van der Waals surface area contributed by atoms with E-state index in [2.05, 4.69) is 37.1 Å². The van der Waals surface area contributed by atoms with Crippen LogP contribution in [0.4, 0.5) is 0 Å². The Hall–Kier alpha value is -1.57. The average molecular weight is 167 g/mol. The first-order valence-corrected chi connectivity index (χ1v) is 4.34. The molecule has 13 heavy (non-hydrogen) atoms. The lowest BCUT2D eigenvalue weighted by atomic mass is 9.94. The SMILES string of the molecule is Bc1cccc(-c2ccccn2)c1. The number of rotatable bonds is 1. The first-order valence-electron chi connectivity index (χ1n) is 4.34. The van der Waals surface area contributed by atoms with Gasteiger partial charge in [-0.05, 0) is 17.7 Å². The van der Waals surface area contributed by atoms with Gasteiger partial charge in [0, 0.05) is 6.20 Å². The Morgan fingerprint density at radius 1 is 1.00 bits per heavy atom. The van der Waals surface area contributed by atoms with Crippen molar-refractivity contribution in [3.63, 3.8) is 0 Å². The minimum atomic E-state index is 1.03. The Morgan fingerprint density at radius 3 is 2.62 bits per heavy atom. The molecular formula is C11H10BN. The van der Waals surface area contributed by atoms with Gasteiger partial charge in [-0.15, -0.1) is 0 Å². The second-order valence-electron chi connectivity index (χ2n) is 3.08. The molecule has 0 aliphatic heterocycles. The highest BCUT2D eigenvalue weighted by Crippen LogP contribution is 2.13. The first-order chi connectivity index (χ1) is 6.36. The van der Waals surface area contributed by atoms with E-state index in [1.807, 2.05) is 24.4 Å². The zero-order valence-corrected chi connectivity index (χ0v) is 7.57. The molecule has 2 aromatic rings. The molecule has 1 aromatic heterocycles. The highest BCUT2D eigenvalue weighted by atomic mass is 14.7. The standard InChI is InChI=1S/C11H10BN/c12-10-5-3-4-9(8-10)11-6-1-2-7-13-11/h1-8H,12H2. The maximum atomic E-state index is 4.29. The van der Waals surface area contributed by atoms with Crippen LogP contribution in [-0.2, 0) is 0 Å². The molecule has 0 saturated carbocycles. The largest absolute Gasteiger partial charge is 0.256 e. The molecule has 0 radical (unpaired) electrons. The molecule has 62 valence electrons. The molecule has 0 spiro atoms. The van der Waals surface area contributed by atoms with E-state index in [0.29, 0.717) is 0 Å². The first kappa shape index (κ1) is 8.05. The molecule has 1 nitrogen and oxygen atoms in total. The molecule has 0 saturated heterocycles. The number of aromatic nitrogens is 1. The van der Waals surface area contributed by atoms with E-state index in [1.165, 1.54) is 11.0 Å². The van der Waals surface area contributed by atoms with Crippen molar-refractivity contribution in [2.75, 3.05) is 0 Å². The van der Waals surface area contributed by atoms with Gasteiger partial charge in [0.15, 0.2) is 0 Å². The van der Waals surface area contributed by atoms with E-state index < -0.39 is 0 Å². The van der Waals surface area contributed by atoms with Crippen molar-refractivity contribution >= 4 is 13.3 Å². The van der Waals surface area contributed by atoms with Crippen LogP contribution in [0.15, 0.2) is 48.7 Å². The van der Waals surface area contributed by atoms with Gasteiger partial charge in [0.05, 0.1) is 5.69 Å². The smallest absolute Gasteiger partial charge is 0.139 e. The molecule has 2 heteroatoms. The predicted molar refractivity (Wildman–Crippen MR) is 57.9 cm³/mol. The van der Waals surface area contributed by atoms with E-state index in [4.69, 9.17) is 0 Å². The lowest BCUT2D eigenvalue weighted by Gasteiger charge is -2.00. The minimum absolute atomic E-state index is 1.03. The van der Waals surface area contributed by atoms with E-state index in [9.17, 15) is 0 Å². The molecule has 0 atom stereocenters. The van der Waals surface area contributed by atoms with E-state index >= 15 is 0 Å². The molecule has 0 aliphatic carbocycles. The third-order valence-electron chi connectivity index (χ3n) is 1.98. The van der Waals surface area contributed by atoms with Crippen LogP contribution in [0.3, 0.4) is 0 Å². The second-order valence-corrected chi connectivity index (χ2v) is 3.08. The quantitative estimate of drug-likeness (QED) is 0.577. The van der Waals surface area contributed by atoms with Crippen molar-refractivity contribution in [3.8, 4) is 11.3 Å². The number of hydrogen-bond acceptors (Lipinski definition) is 1. The van der Waals surface area contributed by atoms with Crippen molar-refractivity contribution < 1.29 is 0 Å². The Labute approximate surface area is 78.9 Å². The summed E-state index contributed by atoms with van der Waals surface area (Å²) in [5.74, 6) is 0. The fraction of sp³-hybridized carbons (Fsp3) is 0. The number of benzene rings is 1. The van der Waals surface area contributed by atoms with Crippen LogP contribution in [0, 0.1) is 0 Å². The monoisotopic (exact) mass is 167 g/mol. The summed E-state index contributed by atoms with van der Waals surface area (Å²) < 4.78 is 0. The summed E-state index contributed by atoms with van der Waals surface area (Å²) in [6.45, 7) is 0. The summed E-state index contributed by atoms with van der Waals surface area (Å²) in [6.07, 6.45) is 1.82. The lowest BCUT2D eigenvalue weighted by Crippen LogP contribution is -2.00. The maximum absolute atomic E-state index is 4.29. The molecule has 0 aliphatic rings. The number of hydrogen-bond donors (Lipinski definition) is 0. The van der Waals surface area contributed by atoms with Crippen LogP contribution in [-0.4, -0.2) is 12.8 Å².